The summed E-state index contributed by atoms with van der Waals surface area (Å²) in [5.74, 6) is 1.09. The number of fused-ring (bicyclic) bond motifs is 2. The van der Waals surface area contributed by atoms with E-state index in [0.717, 1.165) is 22.3 Å². The first-order valence-electron chi connectivity index (χ1n) is 12.2. The molecule has 4 aromatic rings. The van der Waals surface area contributed by atoms with Crippen LogP contribution in [-0.2, 0) is 0 Å². The zero-order valence-electron chi connectivity index (χ0n) is 20.3. The van der Waals surface area contributed by atoms with Crippen LogP contribution in [0, 0.1) is 0 Å². The molecule has 2 N–H and O–H groups in total. The lowest BCUT2D eigenvalue weighted by Gasteiger charge is -2.35. The van der Waals surface area contributed by atoms with Crippen molar-refractivity contribution < 1.29 is 23.5 Å². The monoisotopic (exact) mass is 528 g/mol. The van der Waals surface area contributed by atoms with Crippen molar-refractivity contribution in [3.8, 4) is 11.5 Å². The van der Waals surface area contributed by atoms with E-state index in [9.17, 15) is 9.59 Å². The third-order valence-corrected chi connectivity index (χ3v) is 6.76. The van der Waals surface area contributed by atoms with Gasteiger partial charge in [0, 0.05) is 48.5 Å². The Morgan fingerprint density at radius 2 is 1.61 bits per heavy atom. The Hall–Kier alpha value is -4.57. The molecule has 9 nitrogen and oxygen atoms in total. The zero-order valence-corrected chi connectivity index (χ0v) is 21.1. The second-order valence-electron chi connectivity index (χ2n) is 8.95. The minimum absolute atomic E-state index is 0.0864. The number of ether oxygens (including phenoxy) is 2. The summed E-state index contributed by atoms with van der Waals surface area (Å²) in [5.41, 5.74) is 2.94. The molecular weight excluding hydrogens is 504 g/mol. The minimum Gasteiger partial charge on any atom is -0.454 e. The molecule has 2 aliphatic heterocycles. The standard InChI is InChI=1S/C28H24N4O5S/c33-26(19-5-10-23-24(16-19)36-17-35-23)30-28(38)29-20-6-8-21(9-7-20)31-11-13-32(14-12-31)27(34)25-15-18-3-1-2-4-22(18)37-25/h1-10,15-16H,11-14,17H2,(H2,29,30,33,38). The number of thiocarbonyl (C=S) groups is 1. The first kappa shape index (κ1) is 23.8. The van der Waals surface area contributed by atoms with E-state index in [-0.39, 0.29) is 23.7 Å². The highest BCUT2D eigenvalue weighted by atomic mass is 32.1. The van der Waals surface area contributed by atoms with Crippen molar-refractivity contribution in [2.24, 2.45) is 0 Å². The highest BCUT2D eigenvalue weighted by Crippen LogP contribution is 2.32. The number of amides is 2. The largest absolute Gasteiger partial charge is 0.454 e. The number of furan rings is 1. The lowest BCUT2D eigenvalue weighted by molar-refractivity contribution is 0.0717. The van der Waals surface area contributed by atoms with E-state index in [2.05, 4.69) is 15.5 Å². The average molecular weight is 529 g/mol. The fourth-order valence-corrected chi connectivity index (χ4v) is 4.75. The zero-order chi connectivity index (χ0) is 26.1. The summed E-state index contributed by atoms with van der Waals surface area (Å²) in [5, 5.41) is 6.84. The third-order valence-electron chi connectivity index (χ3n) is 6.56. The van der Waals surface area contributed by atoms with Crippen molar-refractivity contribution in [2.75, 3.05) is 43.2 Å². The fourth-order valence-electron chi connectivity index (χ4n) is 4.54. The molecule has 1 fully saturated rings. The van der Waals surface area contributed by atoms with Crippen molar-refractivity contribution in [3.63, 3.8) is 0 Å². The lowest BCUT2D eigenvalue weighted by Crippen LogP contribution is -2.48. The van der Waals surface area contributed by atoms with E-state index in [1.165, 1.54) is 0 Å². The molecule has 38 heavy (non-hydrogen) atoms. The summed E-state index contributed by atoms with van der Waals surface area (Å²) in [6.07, 6.45) is 0. The van der Waals surface area contributed by atoms with Gasteiger partial charge in [0.2, 0.25) is 6.79 Å². The van der Waals surface area contributed by atoms with Crippen LogP contribution in [0.4, 0.5) is 11.4 Å². The Morgan fingerprint density at radius 1 is 0.842 bits per heavy atom. The molecule has 0 aliphatic carbocycles. The van der Waals surface area contributed by atoms with Gasteiger partial charge in [0.1, 0.15) is 5.58 Å². The van der Waals surface area contributed by atoms with E-state index < -0.39 is 0 Å². The van der Waals surface area contributed by atoms with Gasteiger partial charge in [-0.15, -0.1) is 0 Å². The van der Waals surface area contributed by atoms with Crippen LogP contribution in [0.1, 0.15) is 20.9 Å². The molecule has 0 spiro atoms. The summed E-state index contributed by atoms with van der Waals surface area (Å²) >= 11 is 5.31. The molecule has 1 aromatic heterocycles. The summed E-state index contributed by atoms with van der Waals surface area (Å²) in [6.45, 7) is 2.77. The molecule has 0 bridgehead atoms. The number of carbonyl (C=O) groups excluding carboxylic acids is 2. The van der Waals surface area contributed by atoms with Gasteiger partial charge < -0.3 is 29.0 Å². The summed E-state index contributed by atoms with van der Waals surface area (Å²) in [4.78, 5) is 29.5. The van der Waals surface area contributed by atoms with Gasteiger partial charge in [0.15, 0.2) is 22.4 Å². The van der Waals surface area contributed by atoms with Crippen LogP contribution in [-0.4, -0.2) is 54.8 Å². The topological polar surface area (TPSA) is 96.3 Å². The Bertz CT molecular complexity index is 1490. The van der Waals surface area contributed by atoms with Crippen LogP contribution in [0.5, 0.6) is 11.5 Å². The van der Waals surface area contributed by atoms with E-state index in [0.29, 0.717) is 49.0 Å². The Morgan fingerprint density at radius 3 is 2.39 bits per heavy atom. The van der Waals surface area contributed by atoms with E-state index in [1.54, 1.807) is 24.3 Å². The van der Waals surface area contributed by atoms with Crippen LogP contribution in [0.3, 0.4) is 0 Å². The van der Waals surface area contributed by atoms with Gasteiger partial charge in [0.25, 0.3) is 11.8 Å². The van der Waals surface area contributed by atoms with Gasteiger partial charge >= 0.3 is 0 Å². The number of anilines is 2. The minimum atomic E-state index is -0.340. The van der Waals surface area contributed by atoms with Crippen molar-refractivity contribution in [3.05, 3.63) is 84.1 Å². The van der Waals surface area contributed by atoms with Gasteiger partial charge in [-0.1, -0.05) is 18.2 Å². The van der Waals surface area contributed by atoms with Crippen molar-refractivity contribution in [2.45, 2.75) is 0 Å². The van der Waals surface area contributed by atoms with Crippen LogP contribution in [0.25, 0.3) is 11.0 Å². The van der Waals surface area contributed by atoms with Crippen LogP contribution >= 0.6 is 12.2 Å². The molecular formula is C28H24N4O5S. The number of nitrogens with zero attached hydrogens (tertiary/aromatic N) is 2. The first-order chi connectivity index (χ1) is 18.5. The maximum Gasteiger partial charge on any atom is 0.289 e. The molecule has 1 saturated heterocycles. The molecule has 6 rings (SSSR count). The summed E-state index contributed by atoms with van der Waals surface area (Å²) in [6, 6.07) is 22.2. The van der Waals surface area contributed by atoms with E-state index in [4.69, 9.17) is 26.1 Å². The number of para-hydroxylation sites is 1. The smallest absolute Gasteiger partial charge is 0.289 e. The number of piperazine rings is 1. The SMILES string of the molecule is O=C(NC(=S)Nc1ccc(N2CCN(C(=O)c3cc4ccccc4o3)CC2)cc1)c1ccc2c(c1)OCO2. The van der Waals surface area contributed by atoms with E-state index >= 15 is 0 Å². The molecule has 3 heterocycles. The molecule has 10 heteroatoms. The Labute approximate surface area is 223 Å². The second-order valence-corrected chi connectivity index (χ2v) is 9.36. The van der Waals surface area contributed by atoms with Gasteiger partial charge in [-0.3, -0.25) is 14.9 Å². The Kier molecular flexibility index (Phi) is 6.30. The summed E-state index contributed by atoms with van der Waals surface area (Å²) in [7, 11) is 0. The third kappa shape index (κ3) is 4.85. The van der Waals surface area contributed by atoms with Gasteiger partial charge in [-0.25, -0.2) is 0 Å². The molecule has 0 saturated carbocycles. The van der Waals surface area contributed by atoms with Crippen molar-refractivity contribution in [1.29, 1.82) is 0 Å². The van der Waals surface area contributed by atoms with E-state index in [1.807, 2.05) is 53.4 Å². The van der Waals surface area contributed by atoms with Gasteiger partial charge in [-0.2, -0.15) is 0 Å². The predicted octanol–water partition coefficient (Wildman–Crippen LogP) is 4.25. The quantitative estimate of drug-likeness (QED) is 0.380. The molecule has 0 radical (unpaired) electrons. The average Bonchev–Trinajstić information content (AvgIpc) is 3.60. The first-order valence-corrected chi connectivity index (χ1v) is 12.6. The molecule has 3 aromatic carbocycles. The highest BCUT2D eigenvalue weighted by Gasteiger charge is 2.25. The normalized spacial score (nSPS) is 14.4. The number of nitrogens with one attached hydrogen (secondary N) is 2. The van der Waals surface area contributed by atoms with Crippen molar-refractivity contribution in [1.82, 2.24) is 10.2 Å². The number of benzene rings is 3. The predicted molar refractivity (Wildman–Crippen MR) is 147 cm³/mol. The second kappa shape index (κ2) is 10.1. The van der Waals surface area contributed by atoms with Crippen molar-refractivity contribution >= 4 is 51.5 Å². The summed E-state index contributed by atoms with van der Waals surface area (Å²) < 4.78 is 16.3. The number of rotatable bonds is 4. The van der Waals surface area contributed by atoms with Crippen LogP contribution < -0.4 is 25.0 Å². The fraction of sp³-hybridized carbons (Fsp3) is 0.179. The van der Waals surface area contributed by atoms with Gasteiger partial charge in [0.05, 0.1) is 0 Å². The molecule has 192 valence electrons. The molecule has 0 atom stereocenters. The van der Waals surface area contributed by atoms with Crippen LogP contribution in [0.2, 0.25) is 0 Å². The number of hydrogen-bond donors (Lipinski definition) is 2. The highest BCUT2D eigenvalue weighted by molar-refractivity contribution is 7.80. The maximum atomic E-state index is 12.9. The molecule has 2 aliphatic rings. The molecule has 2 amide bonds. The number of carbonyl (C=O) groups is 2. The van der Waals surface area contributed by atoms with Gasteiger partial charge in [-0.05, 0) is 66.8 Å². The molecule has 0 unspecified atom stereocenters. The van der Waals surface area contributed by atoms with Crippen LogP contribution in [0.15, 0.2) is 77.2 Å². The number of hydrogen-bond acceptors (Lipinski definition) is 7. The lowest BCUT2D eigenvalue weighted by atomic mass is 10.2. The maximum absolute atomic E-state index is 12.9. The Balaban J connectivity index is 1.01.